The number of nitrogens with two attached hydrogens (primary N) is 1. The van der Waals surface area contributed by atoms with Crippen molar-refractivity contribution in [1.82, 2.24) is 9.97 Å². The van der Waals surface area contributed by atoms with Gasteiger partial charge in [-0.2, -0.15) is 0 Å². The van der Waals surface area contributed by atoms with Crippen molar-refractivity contribution in [3.05, 3.63) is 16.0 Å². The molecule has 15 heavy (non-hydrogen) atoms. The average Bonchev–Trinajstić information content (AvgIpc) is 2.15. The summed E-state index contributed by atoms with van der Waals surface area (Å²) < 4.78 is 0.943. The highest BCUT2D eigenvalue weighted by Gasteiger charge is 2.19. The number of primary amides is 1. The van der Waals surface area contributed by atoms with Crippen LogP contribution in [0.1, 0.15) is 13.8 Å². The van der Waals surface area contributed by atoms with Crippen molar-refractivity contribution in [2.45, 2.75) is 19.9 Å². The Morgan fingerprint density at radius 1 is 1.47 bits per heavy atom. The fourth-order valence-corrected chi connectivity index (χ4v) is 1.37. The molecule has 0 aliphatic carbocycles. The summed E-state index contributed by atoms with van der Waals surface area (Å²) in [6.07, 6.45) is 3.35. The summed E-state index contributed by atoms with van der Waals surface area (Å²) in [6, 6.07) is -0.440. The first-order valence-electron chi connectivity index (χ1n) is 4.54. The standard InChI is InChI=1S/C9H13IN4O/c1-5(2)7(8(11)15)14-9-12-3-6(10)4-13-9/h3-5,7H,1-2H3,(H2,11,15)(H,12,13,14). The van der Waals surface area contributed by atoms with Gasteiger partial charge in [0.2, 0.25) is 11.9 Å². The summed E-state index contributed by atoms with van der Waals surface area (Å²) in [5.41, 5.74) is 5.26. The van der Waals surface area contributed by atoms with Crippen LogP contribution in [-0.4, -0.2) is 21.9 Å². The van der Waals surface area contributed by atoms with Crippen LogP contribution in [0.3, 0.4) is 0 Å². The van der Waals surface area contributed by atoms with Crippen LogP contribution in [0.4, 0.5) is 5.95 Å². The molecule has 3 N–H and O–H groups in total. The second-order valence-corrected chi connectivity index (χ2v) is 4.74. The van der Waals surface area contributed by atoms with Crippen LogP contribution in [0.15, 0.2) is 12.4 Å². The van der Waals surface area contributed by atoms with Crippen LogP contribution in [0.25, 0.3) is 0 Å². The SMILES string of the molecule is CC(C)C(Nc1ncc(I)cn1)C(N)=O. The van der Waals surface area contributed by atoms with Gasteiger partial charge in [-0.25, -0.2) is 9.97 Å². The van der Waals surface area contributed by atoms with Gasteiger partial charge in [0.1, 0.15) is 6.04 Å². The van der Waals surface area contributed by atoms with Gasteiger partial charge in [0.05, 0.1) is 0 Å². The van der Waals surface area contributed by atoms with Crippen molar-refractivity contribution in [2.24, 2.45) is 11.7 Å². The highest BCUT2D eigenvalue weighted by molar-refractivity contribution is 14.1. The van der Waals surface area contributed by atoms with Gasteiger partial charge in [-0.15, -0.1) is 0 Å². The molecule has 1 rings (SSSR count). The van der Waals surface area contributed by atoms with Crippen molar-refractivity contribution in [3.8, 4) is 0 Å². The van der Waals surface area contributed by atoms with Crippen molar-refractivity contribution in [2.75, 3.05) is 5.32 Å². The van der Waals surface area contributed by atoms with Crippen molar-refractivity contribution in [3.63, 3.8) is 0 Å². The molecule has 1 aromatic heterocycles. The molecule has 82 valence electrons. The molecular formula is C9H13IN4O. The number of hydrogen-bond donors (Lipinski definition) is 2. The number of carbonyl (C=O) groups excluding carboxylic acids is 1. The molecule has 0 saturated heterocycles. The minimum absolute atomic E-state index is 0.102. The number of nitrogens with zero attached hydrogens (tertiary/aromatic N) is 2. The molecule has 5 nitrogen and oxygen atoms in total. The number of amides is 1. The lowest BCUT2D eigenvalue weighted by molar-refractivity contribution is -0.119. The van der Waals surface area contributed by atoms with Crippen LogP contribution < -0.4 is 11.1 Å². The molecular weight excluding hydrogens is 307 g/mol. The van der Waals surface area contributed by atoms with E-state index < -0.39 is 11.9 Å². The molecule has 1 unspecified atom stereocenters. The maximum absolute atomic E-state index is 11.1. The minimum atomic E-state index is -0.440. The fraction of sp³-hybridized carbons (Fsp3) is 0.444. The van der Waals surface area contributed by atoms with E-state index in [9.17, 15) is 4.79 Å². The van der Waals surface area contributed by atoms with Crippen molar-refractivity contribution < 1.29 is 4.79 Å². The smallest absolute Gasteiger partial charge is 0.240 e. The predicted octanol–water partition coefficient (Wildman–Crippen LogP) is 1.00. The maximum atomic E-state index is 11.1. The average molecular weight is 320 g/mol. The number of nitrogens with one attached hydrogen (secondary N) is 1. The first kappa shape index (κ1) is 12.2. The Hall–Kier alpha value is -0.920. The summed E-state index contributed by atoms with van der Waals surface area (Å²) >= 11 is 2.11. The maximum Gasteiger partial charge on any atom is 0.240 e. The second-order valence-electron chi connectivity index (χ2n) is 3.49. The Balaban J connectivity index is 2.74. The molecule has 6 heteroatoms. The zero-order valence-corrected chi connectivity index (χ0v) is 10.7. The number of hydrogen-bond acceptors (Lipinski definition) is 4. The van der Waals surface area contributed by atoms with E-state index in [2.05, 4.69) is 37.9 Å². The summed E-state index contributed by atoms with van der Waals surface area (Å²) in [6.45, 7) is 3.82. The van der Waals surface area contributed by atoms with Gasteiger partial charge in [0.25, 0.3) is 0 Å². The van der Waals surface area contributed by atoms with Gasteiger partial charge in [-0.05, 0) is 28.5 Å². The lowest BCUT2D eigenvalue weighted by Crippen LogP contribution is -2.40. The van der Waals surface area contributed by atoms with Crippen LogP contribution in [0, 0.1) is 9.49 Å². The third-order valence-electron chi connectivity index (χ3n) is 1.88. The van der Waals surface area contributed by atoms with Crippen molar-refractivity contribution in [1.29, 1.82) is 0 Å². The van der Waals surface area contributed by atoms with Gasteiger partial charge >= 0.3 is 0 Å². The molecule has 1 amide bonds. The molecule has 1 aromatic rings. The van der Waals surface area contributed by atoms with Gasteiger partial charge in [0, 0.05) is 16.0 Å². The molecule has 0 aromatic carbocycles. The van der Waals surface area contributed by atoms with Crippen LogP contribution >= 0.6 is 22.6 Å². The zero-order valence-electron chi connectivity index (χ0n) is 8.57. The Morgan fingerprint density at radius 2 is 2.00 bits per heavy atom. The number of anilines is 1. The zero-order chi connectivity index (χ0) is 11.4. The van der Waals surface area contributed by atoms with E-state index in [1.807, 2.05) is 13.8 Å². The molecule has 0 spiro atoms. The molecule has 1 atom stereocenters. The largest absolute Gasteiger partial charge is 0.368 e. The van der Waals surface area contributed by atoms with E-state index in [0.29, 0.717) is 5.95 Å². The van der Waals surface area contributed by atoms with Crippen LogP contribution in [0.2, 0.25) is 0 Å². The number of halogens is 1. The summed E-state index contributed by atoms with van der Waals surface area (Å²) in [5, 5.41) is 2.90. The molecule has 0 aliphatic rings. The highest BCUT2D eigenvalue weighted by Crippen LogP contribution is 2.08. The normalized spacial score (nSPS) is 12.5. The molecule has 0 radical (unpaired) electrons. The Labute approximate surface area is 102 Å². The van der Waals surface area contributed by atoms with Crippen LogP contribution in [0.5, 0.6) is 0 Å². The third-order valence-corrected chi connectivity index (χ3v) is 2.44. The number of aromatic nitrogens is 2. The van der Waals surface area contributed by atoms with E-state index in [0.717, 1.165) is 3.57 Å². The topological polar surface area (TPSA) is 80.9 Å². The van der Waals surface area contributed by atoms with Gasteiger partial charge in [0.15, 0.2) is 0 Å². The minimum Gasteiger partial charge on any atom is -0.368 e. The number of carbonyl (C=O) groups is 1. The quantitative estimate of drug-likeness (QED) is 0.811. The van der Waals surface area contributed by atoms with E-state index in [4.69, 9.17) is 5.73 Å². The Bertz CT molecular complexity index is 338. The predicted molar refractivity (Wildman–Crippen MR) is 66.2 cm³/mol. The van der Waals surface area contributed by atoms with Crippen molar-refractivity contribution >= 4 is 34.4 Å². The lowest BCUT2D eigenvalue weighted by Gasteiger charge is -2.18. The first-order valence-corrected chi connectivity index (χ1v) is 5.62. The first-order chi connectivity index (χ1) is 7.00. The molecule has 0 fully saturated rings. The monoisotopic (exact) mass is 320 g/mol. The Kier molecular flexibility index (Phi) is 4.25. The molecule has 0 bridgehead atoms. The summed E-state index contributed by atoms with van der Waals surface area (Å²) in [7, 11) is 0. The van der Waals surface area contributed by atoms with E-state index in [-0.39, 0.29) is 5.92 Å². The second kappa shape index (κ2) is 5.24. The molecule has 0 aliphatic heterocycles. The van der Waals surface area contributed by atoms with Crippen LogP contribution in [-0.2, 0) is 4.79 Å². The molecule has 1 heterocycles. The van der Waals surface area contributed by atoms with Gasteiger partial charge in [-0.3, -0.25) is 4.79 Å². The molecule has 0 saturated carbocycles. The summed E-state index contributed by atoms with van der Waals surface area (Å²) in [4.78, 5) is 19.2. The highest BCUT2D eigenvalue weighted by atomic mass is 127. The number of rotatable bonds is 4. The lowest BCUT2D eigenvalue weighted by atomic mass is 10.0. The van der Waals surface area contributed by atoms with Gasteiger partial charge in [-0.1, -0.05) is 13.8 Å². The third kappa shape index (κ3) is 3.61. The van der Waals surface area contributed by atoms with E-state index >= 15 is 0 Å². The van der Waals surface area contributed by atoms with E-state index in [1.165, 1.54) is 0 Å². The fourth-order valence-electron chi connectivity index (χ4n) is 1.09. The summed E-state index contributed by atoms with van der Waals surface area (Å²) in [5.74, 6) is 0.130. The van der Waals surface area contributed by atoms with E-state index in [1.54, 1.807) is 12.4 Å². The van der Waals surface area contributed by atoms with Gasteiger partial charge < -0.3 is 11.1 Å². The Morgan fingerprint density at radius 3 is 2.40 bits per heavy atom.